The Labute approximate surface area is 90.6 Å². The Kier molecular flexibility index (Phi) is 22.3. The molecule has 0 saturated heterocycles. The molecule has 0 fully saturated rings. The van der Waals surface area contributed by atoms with Gasteiger partial charge >= 0.3 is 0 Å². The van der Waals surface area contributed by atoms with Crippen LogP contribution in [0.1, 0.15) is 0 Å². The van der Waals surface area contributed by atoms with E-state index in [4.69, 9.17) is 0 Å². The first-order valence-electron chi connectivity index (χ1n) is 2.61. The third-order valence-electron chi connectivity index (χ3n) is 0.766. The van der Waals surface area contributed by atoms with Gasteiger partial charge < -0.3 is 15.5 Å². The van der Waals surface area contributed by atoms with E-state index in [1.165, 1.54) is 0 Å². The Morgan fingerprint density at radius 1 is 1.00 bits per heavy atom. The first kappa shape index (κ1) is 17.3. The topological polar surface area (TPSA) is 31.4 Å². The summed E-state index contributed by atoms with van der Waals surface area (Å²) in [7, 11) is 5.58. The first-order chi connectivity index (χ1) is 3.81. The molecule has 0 N–H and O–H groups in total. The molecule has 3 nitrogen and oxygen atoms in total. The van der Waals surface area contributed by atoms with E-state index in [2.05, 4.69) is 10.6 Å². The number of rotatable bonds is 4. The molecule has 10 heavy (non-hydrogen) atoms. The molecule has 0 saturated carbocycles. The van der Waals surface area contributed by atoms with Crippen molar-refractivity contribution in [2.75, 3.05) is 34.5 Å². The van der Waals surface area contributed by atoms with Crippen molar-refractivity contribution in [2.24, 2.45) is 0 Å². The molecule has 0 aromatic rings. The molecule has 0 heterocycles. The van der Waals surface area contributed by atoms with Crippen LogP contribution in [-0.2, 0) is 40.8 Å². The van der Waals surface area contributed by atoms with Crippen LogP contribution < -0.4 is 0 Å². The maximum atomic E-state index is 3.92. The maximum Gasteiger partial charge on any atom is 0 e. The predicted octanol–water partition coefficient (Wildman–Crippen LogP) is 0.835. The molecular formula is C5H13N3Re2-2. The Bertz CT molecular complexity index is 48.2. The number of hydrogen-bond acceptors (Lipinski definition) is 1. The second-order valence-electron chi connectivity index (χ2n) is 1.77. The predicted molar refractivity (Wildman–Crippen MR) is 36.1 cm³/mol. The van der Waals surface area contributed by atoms with Crippen LogP contribution in [0.25, 0.3) is 10.6 Å². The molecule has 5 heteroatoms. The smallest absolute Gasteiger partial charge is 0 e. The standard InChI is InChI=1S/C5H13N3.2Re/c1-6-4-8(3)5-7-2;;/h4-5H2,1-3H3;;/q-2;;. The first-order valence-corrected chi connectivity index (χ1v) is 2.61. The third kappa shape index (κ3) is 11.9. The van der Waals surface area contributed by atoms with Crippen LogP contribution in [0.15, 0.2) is 0 Å². The monoisotopic (exact) mass is 489 g/mol. The van der Waals surface area contributed by atoms with Gasteiger partial charge in [0.05, 0.1) is 0 Å². The summed E-state index contributed by atoms with van der Waals surface area (Å²) in [6, 6.07) is 0. The van der Waals surface area contributed by atoms with Gasteiger partial charge in [0.1, 0.15) is 0 Å². The van der Waals surface area contributed by atoms with Crippen LogP contribution in [0, 0.1) is 0 Å². The van der Waals surface area contributed by atoms with Gasteiger partial charge in [0.25, 0.3) is 0 Å². The van der Waals surface area contributed by atoms with Gasteiger partial charge in [0, 0.05) is 40.8 Å². The van der Waals surface area contributed by atoms with E-state index >= 15 is 0 Å². The molecule has 2 radical (unpaired) electrons. The summed E-state index contributed by atoms with van der Waals surface area (Å²) in [5.41, 5.74) is 0. The van der Waals surface area contributed by atoms with Crippen molar-refractivity contribution < 1.29 is 40.8 Å². The molecule has 0 spiro atoms. The largest absolute Gasteiger partial charge is 0.653 e. The molecule has 0 bridgehead atoms. The van der Waals surface area contributed by atoms with Gasteiger partial charge in [-0.3, -0.25) is 0 Å². The normalized spacial score (nSPS) is 8.40. The average Bonchev–Trinajstić information content (AvgIpc) is 1.68. The minimum absolute atomic E-state index is 0. The van der Waals surface area contributed by atoms with Gasteiger partial charge in [0.15, 0.2) is 0 Å². The quantitative estimate of drug-likeness (QED) is 0.578. The van der Waals surface area contributed by atoms with E-state index in [1.54, 1.807) is 14.1 Å². The molecule has 0 atom stereocenters. The molecule has 0 unspecified atom stereocenters. The Balaban J connectivity index is -0.000000245. The van der Waals surface area contributed by atoms with Crippen molar-refractivity contribution in [3.63, 3.8) is 0 Å². The average molecular weight is 488 g/mol. The Morgan fingerprint density at radius 3 is 1.50 bits per heavy atom. The van der Waals surface area contributed by atoms with Gasteiger partial charge in [-0.15, -0.1) is 0 Å². The van der Waals surface area contributed by atoms with Crippen molar-refractivity contribution >= 4 is 0 Å². The van der Waals surface area contributed by atoms with Gasteiger partial charge in [-0.05, 0) is 7.05 Å². The van der Waals surface area contributed by atoms with Crippen LogP contribution in [0.2, 0.25) is 0 Å². The molecule has 0 aromatic carbocycles. The molecule has 0 aromatic heterocycles. The van der Waals surface area contributed by atoms with Crippen molar-refractivity contribution in [2.45, 2.75) is 0 Å². The molecule has 64 valence electrons. The van der Waals surface area contributed by atoms with Crippen LogP contribution >= 0.6 is 0 Å². The third-order valence-corrected chi connectivity index (χ3v) is 0.766. The van der Waals surface area contributed by atoms with Crippen LogP contribution in [0.5, 0.6) is 0 Å². The fraction of sp³-hybridized carbons (Fsp3) is 1.00. The zero-order valence-corrected chi connectivity index (χ0v) is 11.9. The van der Waals surface area contributed by atoms with E-state index < -0.39 is 0 Å². The van der Waals surface area contributed by atoms with Gasteiger partial charge in [-0.1, -0.05) is 13.3 Å². The summed E-state index contributed by atoms with van der Waals surface area (Å²) in [6.45, 7) is 1.55. The number of nitrogens with zero attached hydrogens (tertiary/aromatic N) is 3. The minimum Gasteiger partial charge on any atom is -0.653 e. The van der Waals surface area contributed by atoms with Gasteiger partial charge in [0.2, 0.25) is 0 Å². The Morgan fingerprint density at radius 2 is 1.30 bits per heavy atom. The van der Waals surface area contributed by atoms with Gasteiger partial charge in [-0.25, -0.2) is 0 Å². The molecule has 0 amide bonds. The summed E-state index contributed by atoms with van der Waals surface area (Å²) < 4.78 is 0. The van der Waals surface area contributed by atoms with Crippen molar-refractivity contribution in [1.29, 1.82) is 0 Å². The van der Waals surface area contributed by atoms with E-state index in [-0.39, 0.29) is 40.8 Å². The summed E-state index contributed by atoms with van der Waals surface area (Å²) >= 11 is 0. The summed E-state index contributed by atoms with van der Waals surface area (Å²) in [4.78, 5) is 2.03. The maximum absolute atomic E-state index is 3.92. The van der Waals surface area contributed by atoms with E-state index in [1.807, 2.05) is 11.9 Å². The van der Waals surface area contributed by atoms with Crippen molar-refractivity contribution in [1.82, 2.24) is 4.90 Å². The molecule has 0 aliphatic carbocycles. The molecular weight excluding hydrogens is 474 g/mol. The molecule has 0 aliphatic heterocycles. The summed E-state index contributed by atoms with van der Waals surface area (Å²) in [6.07, 6.45) is 0. The van der Waals surface area contributed by atoms with Crippen LogP contribution in [0.3, 0.4) is 0 Å². The SMILES string of the molecule is C[N-]CN(C)C[N-]C.[Re].[Re]. The van der Waals surface area contributed by atoms with E-state index in [0.717, 1.165) is 13.3 Å². The fourth-order valence-electron chi connectivity index (χ4n) is 0.528. The van der Waals surface area contributed by atoms with E-state index in [0.29, 0.717) is 0 Å². The van der Waals surface area contributed by atoms with Gasteiger partial charge in [-0.2, -0.15) is 14.1 Å². The van der Waals surface area contributed by atoms with Crippen molar-refractivity contribution in [3.05, 3.63) is 10.6 Å². The van der Waals surface area contributed by atoms with Crippen LogP contribution in [0.4, 0.5) is 0 Å². The van der Waals surface area contributed by atoms with E-state index in [9.17, 15) is 0 Å². The Hall–Kier alpha value is 1.20. The zero-order valence-electron chi connectivity index (χ0n) is 6.51. The minimum atomic E-state index is 0. The molecule has 0 rings (SSSR count). The van der Waals surface area contributed by atoms with Crippen LogP contribution in [-0.4, -0.2) is 39.4 Å². The second-order valence-corrected chi connectivity index (χ2v) is 1.77. The second kappa shape index (κ2) is 12.8. The number of hydrogen-bond donors (Lipinski definition) is 0. The zero-order chi connectivity index (χ0) is 6.41. The van der Waals surface area contributed by atoms with Crippen molar-refractivity contribution in [3.8, 4) is 0 Å². The summed E-state index contributed by atoms with van der Waals surface area (Å²) in [5.74, 6) is 0. The summed E-state index contributed by atoms with van der Waals surface area (Å²) in [5, 5.41) is 7.84. The fourth-order valence-corrected chi connectivity index (χ4v) is 0.528. The molecule has 0 aliphatic rings.